The number of ether oxygens (including phenoxy) is 1. The van der Waals surface area contributed by atoms with Gasteiger partial charge in [-0.25, -0.2) is 0 Å². The SMILES string of the molecule is Cc1cccc(C2OC=C3C(=O)C=CC=C32)c1C. The van der Waals surface area contributed by atoms with E-state index in [-0.39, 0.29) is 11.9 Å². The normalized spacial score (nSPS) is 21.2. The molecule has 0 saturated carbocycles. The number of rotatable bonds is 1. The quantitative estimate of drug-likeness (QED) is 0.750. The molecule has 0 aromatic heterocycles. The molecule has 90 valence electrons. The van der Waals surface area contributed by atoms with Crippen molar-refractivity contribution in [2.24, 2.45) is 0 Å². The van der Waals surface area contributed by atoms with Gasteiger partial charge in [-0.05, 0) is 31.1 Å². The van der Waals surface area contributed by atoms with Gasteiger partial charge in [-0.2, -0.15) is 0 Å². The van der Waals surface area contributed by atoms with Gasteiger partial charge in [-0.1, -0.05) is 30.4 Å². The summed E-state index contributed by atoms with van der Waals surface area (Å²) in [5.74, 6) is 0.0281. The maximum absolute atomic E-state index is 11.7. The Labute approximate surface area is 106 Å². The van der Waals surface area contributed by atoms with Crippen LogP contribution in [0.3, 0.4) is 0 Å². The van der Waals surface area contributed by atoms with Gasteiger partial charge in [0.25, 0.3) is 0 Å². The molecule has 0 radical (unpaired) electrons. The van der Waals surface area contributed by atoms with Crippen molar-refractivity contribution in [1.29, 1.82) is 0 Å². The Morgan fingerprint density at radius 1 is 1.22 bits per heavy atom. The summed E-state index contributed by atoms with van der Waals surface area (Å²) in [4.78, 5) is 11.7. The molecule has 1 unspecified atom stereocenters. The zero-order valence-electron chi connectivity index (χ0n) is 10.4. The van der Waals surface area contributed by atoms with Crippen LogP contribution in [-0.2, 0) is 9.53 Å². The van der Waals surface area contributed by atoms with Gasteiger partial charge < -0.3 is 4.74 Å². The molecule has 1 atom stereocenters. The number of aryl methyl sites for hydroxylation is 1. The lowest BCUT2D eigenvalue weighted by Crippen LogP contribution is -2.08. The maximum atomic E-state index is 11.7. The summed E-state index contributed by atoms with van der Waals surface area (Å²) in [5.41, 5.74) is 5.25. The maximum Gasteiger partial charge on any atom is 0.189 e. The Morgan fingerprint density at radius 2 is 2.06 bits per heavy atom. The van der Waals surface area contributed by atoms with E-state index in [1.807, 2.05) is 12.1 Å². The molecule has 0 amide bonds. The van der Waals surface area contributed by atoms with Gasteiger partial charge in [0, 0.05) is 11.1 Å². The van der Waals surface area contributed by atoms with E-state index in [4.69, 9.17) is 4.74 Å². The van der Waals surface area contributed by atoms with Crippen molar-refractivity contribution in [2.75, 3.05) is 0 Å². The van der Waals surface area contributed by atoms with Gasteiger partial charge in [0.1, 0.15) is 6.10 Å². The van der Waals surface area contributed by atoms with E-state index in [1.54, 1.807) is 18.4 Å². The number of fused-ring (bicyclic) bond motifs is 1. The third-order valence-corrected chi connectivity index (χ3v) is 3.63. The molecule has 18 heavy (non-hydrogen) atoms. The molecule has 1 aromatic rings. The first-order valence-electron chi connectivity index (χ1n) is 6.03. The first kappa shape index (κ1) is 11.0. The molecule has 1 aliphatic carbocycles. The van der Waals surface area contributed by atoms with Crippen molar-refractivity contribution in [3.05, 3.63) is 70.5 Å². The number of benzene rings is 1. The number of hydrogen-bond acceptors (Lipinski definition) is 2. The molecule has 0 spiro atoms. The summed E-state index contributed by atoms with van der Waals surface area (Å²) in [6.45, 7) is 4.18. The molecule has 1 aromatic carbocycles. The highest BCUT2D eigenvalue weighted by atomic mass is 16.5. The van der Waals surface area contributed by atoms with Gasteiger partial charge >= 0.3 is 0 Å². The summed E-state index contributed by atoms with van der Waals surface area (Å²) >= 11 is 0. The minimum Gasteiger partial charge on any atom is -0.488 e. The number of carbonyl (C=O) groups excluding carboxylic acids is 1. The van der Waals surface area contributed by atoms with Crippen molar-refractivity contribution in [2.45, 2.75) is 20.0 Å². The molecular formula is C16H14O2. The summed E-state index contributed by atoms with van der Waals surface area (Å²) in [5, 5.41) is 0. The molecule has 0 N–H and O–H groups in total. The van der Waals surface area contributed by atoms with E-state index in [9.17, 15) is 4.79 Å². The van der Waals surface area contributed by atoms with Gasteiger partial charge in [-0.3, -0.25) is 4.79 Å². The van der Waals surface area contributed by atoms with Gasteiger partial charge in [0.05, 0.1) is 11.8 Å². The Morgan fingerprint density at radius 3 is 2.89 bits per heavy atom. The van der Waals surface area contributed by atoms with Crippen LogP contribution in [0.5, 0.6) is 0 Å². The average Bonchev–Trinajstić information content (AvgIpc) is 2.78. The zero-order valence-corrected chi connectivity index (χ0v) is 10.4. The monoisotopic (exact) mass is 238 g/mol. The number of allylic oxidation sites excluding steroid dienone is 3. The Kier molecular flexibility index (Phi) is 2.44. The first-order chi connectivity index (χ1) is 8.68. The van der Waals surface area contributed by atoms with Crippen molar-refractivity contribution in [1.82, 2.24) is 0 Å². The van der Waals surface area contributed by atoms with Crippen LogP contribution in [0.15, 0.2) is 53.8 Å². The van der Waals surface area contributed by atoms with Crippen LogP contribution in [0.4, 0.5) is 0 Å². The van der Waals surface area contributed by atoms with E-state index in [0.29, 0.717) is 5.57 Å². The standard InChI is InChI=1S/C16H14O2/c1-10-5-3-6-12(11(10)2)16-13-7-4-8-15(17)14(13)9-18-16/h3-9,16H,1-2H3. The number of ketones is 1. The van der Waals surface area contributed by atoms with Crippen LogP contribution < -0.4 is 0 Å². The summed E-state index contributed by atoms with van der Waals surface area (Å²) < 4.78 is 5.70. The second-order valence-electron chi connectivity index (χ2n) is 4.68. The smallest absolute Gasteiger partial charge is 0.189 e. The topological polar surface area (TPSA) is 26.3 Å². The van der Waals surface area contributed by atoms with E-state index in [0.717, 1.165) is 11.1 Å². The Balaban J connectivity index is 2.06. The zero-order chi connectivity index (χ0) is 12.7. The van der Waals surface area contributed by atoms with E-state index in [2.05, 4.69) is 26.0 Å². The Hall–Kier alpha value is -2.09. The molecule has 1 heterocycles. The predicted molar refractivity (Wildman–Crippen MR) is 70.1 cm³/mol. The molecule has 3 rings (SSSR count). The number of hydrogen-bond donors (Lipinski definition) is 0. The molecule has 2 nitrogen and oxygen atoms in total. The highest BCUT2D eigenvalue weighted by Crippen LogP contribution is 2.40. The minimum atomic E-state index is -0.145. The van der Waals surface area contributed by atoms with Crippen LogP contribution >= 0.6 is 0 Å². The Bertz CT molecular complexity index is 618. The fraction of sp³-hybridized carbons (Fsp3) is 0.188. The van der Waals surface area contributed by atoms with E-state index < -0.39 is 0 Å². The number of carbonyl (C=O) groups is 1. The van der Waals surface area contributed by atoms with E-state index in [1.165, 1.54) is 11.1 Å². The van der Waals surface area contributed by atoms with Crippen LogP contribution in [0.2, 0.25) is 0 Å². The summed E-state index contributed by atoms with van der Waals surface area (Å²) in [7, 11) is 0. The molecule has 2 aliphatic rings. The fourth-order valence-electron chi connectivity index (χ4n) is 2.42. The van der Waals surface area contributed by atoms with Crippen molar-refractivity contribution < 1.29 is 9.53 Å². The fourth-order valence-corrected chi connectivity index (χ4v) is 2.42. The molecular weight excluding hydrogens is 224 g/mol. The third-order valence-electron chi connectivity index (χ3n) is 3.63. The van der Waals surface area contributed by atoms with Crippen LogP contribution in [0.1, 0.15) is 22.8 Å². The average molecular weight is 238 g/mol. The van der Waals surface area contributed by atoms with Crippen LogP contribution in [0, 0.1) is 13.8 Å². The molecule has 0 saturated heterocycles. The van der Waals surface area contributed by atoms with Crippen LogP contribution in [0.25, 0.3) is 0 Å². The largest absolute Gasteiger partial charge is 0.488 e. The van der Waals surface area contributed by atoms with Crippen molar-refractivity contribution >= 4 is 5.78 Å². The lowest BCUT2D eigenvalue weighted by atomic mass is 9.89. The minimum absolute atomic E-state index is 0.0281. The van der Waals surface area contributed by atoms with Crippen molar-refractivity contribution in [3.63, 3.8) is 0 Å². The highest BCUT2D eigenvalue weighted by Gasteiger charge is 2.31. The second kappa shape index (κ2) is 3.98. The summed E-state index contributed by atoms with van der Waals surface area (Å²) in [6.07, 6.45) is 6.77. The van der Waals surface area contributed by atoms with Crippen LogP contribution in [-0.4, -0.2) is 5.78 Å². The van der Waals surface area contributed by atoms with Gasteiger partial charge in [0.15, 0.2) is 5.78 Å². The highest BCUT2D eigenvalue weighted by molar-refractivity contribution is 6.09. The van der Waals surface area contributed by atoms with E-state index >= 15 is 0 Å². The molecule has 1 aliphatic heterocycles. The first-order valence-corrected chi connectivity index (χ1v) is 6.03. The summed E-state index contributed by atoms with van der Waals surface area (Å²) in [6, 6.07) is 6.18. The predicted octanol–water partition coefficient (Wildman–Crippen LogP) is 3.32. The molecule has 0 fully saturated rings. The van der Waals surface area contributed by atoms with Gasteiger partial charge in [0.2, 0.25) is 0 Å². The molecule has 0 bridgehead atoms. The lowest BCUT2D eigenvalue weighted by Gasteiger charge is -2.18. The van der Waals surface area contributed by atoms with Crippen molar-refractivity contribution in [3.8, 4) is 0 Å². The third kappa shape index (κ3) is 1.53. The lowest BCUT2D eigenvalue weighted by molar-refractivity contribution is -0.111. The second-order valence-corrected chi connectivity index (χ2v) is 4.68. The van der Waals surface area contributed by atoms with Gasteiger partial charge in [-0.15, -0.1) is 0 Å². The molecule has 2 heteroatoms.